The number of nitrogens with one attached hydrogen (secondary N) is 1. The predicted octanol–water partition coefficient (Wildman–Crippen LogP) is 3.50. The number of amides is 2. The summed E-state index contributed by atoms with van der Waals surface area (Å²) in [5.41, 5.74) is 2.38. The Kier molecular flexibility index (Phi) is 3.83. The Bertz CT molecular complexity index is 946. The molecule has 128 valence electrons. The van der Waals surface area contributed by atoms with Gasteiger partial charge in [0, 0.05) is 36.6 Å². The third kappa shape index (κ3) is 3.05. The van der Waals surface area contributed by atoms with Crippen LogP contribution in [0.15, 0.2) is 36.7 Å². The highest BCUT2D eigenvalue weighted by molar-refractivity contribution is 5.89. The van der Waals surface area contributed by atoms with Crippen LogP contribution >= 0.6 is 0 Å². The third-order valence-electron chi connectivity index (χ3n) is 4.33. The van der Waals surface area contributed by atoms with Gasteiger partial charge < -0.3 is 10.2 Å². The number of aryl methyl sites for hydroxylation is 1. The SMILES string of the molecule is Cc1cnc2nn(-c3cc(NC(=O)N4CCCC4)ccc3F)cc2c1. The van der Waals surface area contributed by atoms with Crippen LogP contribution in [0, 0.1) is 12.7 Å². The van der Waals surface area contributed by atoms with Gasteiger partial charge in [-0.25, -0.2) is 18.9 Å². The fraction of sp³-hybridized carbons (Fsp3) is 0.278. The molecule has 0 atom stereocenters. The number of urea groups is 1. The maximum Gasteiger partial charge on any atom is 0.321 e. The lowest BCUT2D eigenvalue weighted by Crippen LogP contribution is -2.32. The summed E-state index contributed by atoms with van der Waals surface area (Å²) in [6, 6.07) is 6.27. The average Bonchev–Trinajstić information content (AvgIpc) is 3.25. The number of nitrogens with zero attached hydrogens (tertiary/aromatic N) is 4. The zero-order valence-corrected chi connectivity index (χ0v) is 13.9. The fourth-order valence-corrected chi connectivity index (χ4v) is 3.04. The van der Waals surface area contributed by atoms with Crippen molar-refractivity contribution < 1.29 is 9.18 Å². The molecule has 0 radical (unpaired) electrons. The summed E-state index contributed by atoms with van der Waals surface area (Å²) in [5.74, 6) is -0.413. The topological polar surface area (TPSA) is 63.1 Å². The molecule has 2 amide bonds. The Balaban J connectivity index is 1.65. The Hall–Kier alpha value is -2.96. The molecule has 1 aromatic carbocycles. The summed E-state index contributed by atoms with van der Waals surface area (Å²) in [6.45, 7) is 3.46. The van der Waals surface area contributed by atoms with Crippen LogP contribution in [0.5, 0.6) is 0 Å². The molecule has 1 fully saturated rings. The van der Waals surface area contributed by atoms with Crippen molar-refractivity contribution in [2.75, 3.05) is 18.4 Å². The lowest BCUT2D eigenvalue weighted by molar-refractivity contribution is 0.222. The zero-order valence-electron chi connectivity index (χ0n) is 13.9. The van der Waals surface area contributed by atoms with Crippen molar-refractivity contribution >= 4 is 22.8 Å². The number of benzene rings is 1. The highest BCUT2D eigenvalue weighted by atomic mass is 19.1. The molecule has 1 aliphatic heterocycles. The fourth-order valence-electron chi connectivity index (χ4n) is 3.04. The molecule has 0 unspecified atom stereocenters. The van der Waals surface area contributed by atoms with Gasteiger partial charge in [-0.15, -0.1) is 5.10 Å². The molecule has 6 nitrogen and oxygen atoms in total. The van der Waals surface area contributed by atoms with Gasteiger partial charge in [0.2, 0.25) is 0 Å². The van der Waals surface area contributed by atoms with Crippen LogP contribution in [0.3, 0.4) is 0 Å². The van der Waals surface area contributed by atoms with Crippen LogP contribution in [0.2, 0.25) is 0 Å². The number of pyridine rings is 1. The summed E-state index contributed by atoms with van der Waals surface area (Å²) in [6.07, 6.45) is 5.51. The zero-order chi connectivity index (χ0) is 17.4. The molecule has 0 spiro atoms. The molecule has 0 bridgehead atoms. The van der Waals surface area contributed by atoms with Gasteiger partial charge in [-0.2, -0.15) is 0 Å². The highest BCUT2D eigenvalue weighted by Gasteiger charge is 2.18. The van der Waals surface area contributed by atoms with E-state index >= 15 is 0 Å². The van der Waals surface area contributed by atoms with Gasteiger partial charge in [0.25, 0.3) is 0 Å². The number of halogens is 1. The normalized spacial score (nSPS) is 14.2. The van der Waals surface area contributed by atoms with E-state index in [1.807, 2.05) is 13.0 Å². The second-order valence-electron chi connectivity index (χ2n) is 6.29. The number of anilines is 1. The van der Waals surface area contributed by atoms with E-state index in [2.05, 4.69) is 15.4 Å². The van der Waals surface area contributed by atoms with Crippen LogP contribution in [0.25, 0.3) is 16.7 Å². The van der Waals surface area contributed by atoms with Gasteiger partial charge in [0.1, 0.15) is 11.5 Å². The Morgan fingerprint density at radius 3 is 2.84 bits per heavy atom. The van der Waals surface area contributed by atoms with Crippen molar-refractivity contribution in [1.29, 1.82) is 0 Å². The number of hydrogen-bond donors (Lipinski definition) is 1. The van der Waals surface area contributed by atoms with Crippen molar-refractivity contribution in [2.45, 2.75) is 19.8 Å². The monoisotopic (exact) mass is 339 g/mol. The number of hydrogen-bond acceptors (Lipinski definition) is 3. The number of carbonyl (C=O) groups excluding carboxylic acids is 1. The first kappa shape index (κ1) is 15.6. The van der Waals surface area contributed by atoms with E-state index in [0.29, 0.717) is 11.3 Å². The van der Waals surface area contributed by atoms with Gasteiger partial charge in [-0.05, 0) is 49.6 Å². The predicted molar refractivity (Wildman–Crippen MR) is 93.4 cm³/mol. The number of aromatic nitrogens is 3. The second kappa shape index (κ2) is 6.16. The second-order valence-corrected chi connectivity index (χ2v) is 6.29. The van der Waals surface area contributed by atoms with Crippen LogP contribution in [-0.4, -0.2) is 38.8 Å². The van der Waals surface area contributed by atoms with E-state index in [0.717, 1.165) is 36.9 Å². The van der Waals surface area contributed by atoms with Gasteiger partial charge in [-0.3, -0.25) is 0 Å². The minimum Gasteiger partial charge on any atom is -0.325 e. The smallest absolute Gasteiger partial charge is 0.321 e. The van der Waals surface area contributed by atoms with Crippen LogP contribution in [0.4, 0.5) is 14.9 Å². The molecular formula is C18H18FN5O. The van der Waals surface area contributed by atoms with E-state index in [9.17, 15) is 9.18 Å². The summed E-state index contributed by atoms with van der Waals surface area (Å²) in [4.78, 5) is 18.2. The van der Waals surface area contributed by atoms with E-state index in [-0.39, 0.29) is 11.7 Å². The van der Waals surface area contributed by atoms with Gasteiger partial charge in [0.15, 0.2) is 5.65 Å². The van der Waals surface area contributed by atoms with Gasteiger partial charge in [-0.1, -0.05) is 0 Å². The quantitative estimate of drug-likeness (QED) is 0.777. The summed E-state index contributed by atoms with van der Waals surface area (Å²) in [5, 5.41) is 7.99. The van der Waals surface area contributed by atoms with Crippen molar-refractivity contribution in [3.8, 4) is 5.69 Å². The largest absolute Gasteiger partial charge is 0.325 e. The maximum absolute atomic E-state index is 14.3. The highest BCUT2D eigenvalue weighted by Crippen LogP contribution is 2.22. The lowest BCUT2D eigenvalue weighted by atomic mass is 10.2. The standard InChI is InChI=1S/C18H18FN5O/c1-12-8-13-11-24(22-17(13)20-10-12)16-9-14(4-5-15(16)19)21-18(25)23-6-2-3-7-23/h4-5,8-11H,2-3,6-7H2,1H3,(H,21,25). The molecule has 0 aliphatic carbocycles. The number of likely N-dealkylation sites (tertiary alicyclic amines) is 1. The molecule has 0 saturated carbocycles. The summed E-state index contributed by atoms with van der Waals surface area (Å²) in [7, 11) is 0. The molecule has 7 heteroatoms. The van der Waals surface area contributed by atoms with Gasteiger partial charge >= 0.3 is 6.03 Å². The summed E-state index contributed by atoms with van der Waals surface area (Å²) < 4.78 is 15.8. The Labute approximate surface area is 144 Å². The lowest BCUT2D eigenvalue weighted by Gasteiger charge is -2.16. The number of rotatable bonds is 2. The van der Waals surface area contributed by atoms with Crippen LogP contribution in [0.1, 0.15) is 18.4 Å². The first-order valence-electron chi connectivity index (χ1n) is 8.28. The first-order chi connectivity index (χ1) is 12.1. The van der Waals surface area contributed by atoms with Crippen molar-refractivity contribution in [1.82, 2.24) is 19.7 Å². The molecule has 4 rings (SSSR count). The van der Waals surface area contributed by atoms with Crippen molar-refractivity contribution in [3.05, 3.63) is 48.0 Å². The number of carbonyl (C=O) groups is 1. The Morgan fingerprint density at radius 2 is 2.04 bits per heavy atom. The third-order valence-corrected chi connectivity index (χ3v) is 4.33. The Morgan fingerprint density at radius 1 is 1.24 bits per heavy atom. The molecule has 25 heavy (non-hydrogen) atoms. The van der Waals surface area contributed by atoms with Crippen LogP contribution in [-0.2, 0) is 0 Å². The minimum absolute atomic E-state index is 0.155. The molecule has 1 aliphatic rings. The van der Waals surface area contributed by atoms with Crippen molar-refractivity contribution in [3.63, 3.8) is 0 Å². The van der Waals surface area contributed by atoms with E-state index in [1.165, 1.54) is 10.7 Å². The van der Waals surface area contributed by atoms with E-state index in [1.54, 1.807) is 29.4 Å². The van der Waals surface area contributed by atoms with E-state index < -0.39 is 5.82 Å². The average molecular weight is 339 g/mol. The maximum atomic E-state index is 14.3. The molecule has 2 aromatic heterocycles. The molecule has 1 N–H and O–H groups in total. The van der Waals surface area contributed by atoms with Crippen molar-refractivity contribution in [2.24, 2.45) is 0 Å². The van der Waals surface area contributed by atoms with Crippen LogP contribution < -0.4 is 5.32 Å². The molecule has 3 heterocycles. The minimum atomic E-state index is -0.413. The molecule has 3 aromatic rings. The molecule has 1 saturated heterocycles. The molecular weight excluding hydrogens is 321 g/mol. The number of fused-ring (bicyclic) bond motifs is 1. The van der Waals surface area contributed by atoms with Gasteiger partial charge in [0.05, 0.1) is 0 Å². The summed E-state index contributed by atoms with van der Waals surface area (Å²) >= 11 is 0. The first-order valence-corrected chi connectivity index (χ1v) is 8.28. The van der Waals surface area contributed by atoms with E-state index in [4.69, 9.17) is 0 Å².